The van der Waals surface area contributed by atoms with E-state index in [1.54, 1.807) is 17.0 Å². The number of halogens is 3. The van der Waals surface area contributed by atoms with Gasteiger partial charge in [-0.15, -0.1) is 0 Å². The minimum Gasteiger partial charge on any atom is -0.463 e. The Bertz CT molecular complexity index is 1360. The fourth-order valence-electron chi connectivity index (χ4n) is 6.80. The first-order chi connectivity index (χ1) is 20.6. The Balaban J connectivity index is 1.46. The van der Waals surface area contributed by atoms with Crippen LogP contribution in [0.1, 0.15) is 55.0 Å². The van der Waals surface area contributed by atoms with Crippen LogP contribution >= 0.6 is 0 Å². The van der Waals surface area contributed by atoms with Gasteiger partial charge < -0.3 is 24.3 Å². The first-order valence-corrected chi connectivity index (χ1v) is 15.2. The van der Waals surface area contributed by atoms with Crippen molar-refractivity contribution < 1.29 is 17.9 Å². The number of aryl methyl sites for hydroxylation is 1. The fraction of sp³-hybridized carbons (Fsp3) is 0.594. The number of benzene rings is 1. The molecule has 232 valence electrons. The van der Waals surface area contributed by atoms with E-state index in [2.05, 4.69) is 34.9 Å². The number of alkyl halides is 3. The second-order valence-electron chi connectivity index (χ2n) is 12.2. The Morgan fingerprint density at radius 3 is 2.65 bits per heavy atom. The molecule has 43 heavy (non-hydrogen) atoms. The number of nitriles is 1. The maximum atomic E-state index is 14.1. The molecule has 1 saturated heterocycles. The topological polar surface area (TPSA) is 71.8 Å². The lowest BCUT2D eigenvalue weighted by Gasteiger charge is -2.42. The van der Waals surface area contributed by atoms with E-state index in [-0.39, 0.29) is 29.8 Å². The molecule has 1 aromatic carbocycles. The summed E-state index contributed by atoms with van der Waals surface area (Å²) in [5, 5.41) is 9.51. The smallest absolute Gasteiger partial charge is 0.418 e. The predicted octanol–water partition coefficient (Wildman–Crippen LogP) is 5.41. The van der Waals surface area contributed by atoms with E-state index >= 15 is 0 Å². The van der Waals surface area contributed by atoms with Crippen molar-refractivity contribution >= 4 is 11.5 Å². The molecule has 2 fully saturated rings. The van der Waals surface area contributed by atoms with Gasteiger partial charge in [-0.3, -0.25) is 0 Å². The molecule has 1 saturated carbocycles. The van der Waals surface area contributed by atoms with Crippen molar-refractivity contribution in [2.75, 3.05) is 56.7 Å². The molecule has 2 aliphatic heterocycles. The van der Waals surface area contributed by atoms with E-state index in [9.17, 15) is 18.4 Å². The van der Waals surface area contributed by atoms with Crippen molar-refractivity contribution in [1.82, 2.24) is 19.8 Å². The molecule has 8 nitrogen and oxygen atoms in total. The molecule has 0 radical (unpaired) electrons. The Morgan fingerprint density at radius 2 is 1.95 bits per heavy atom. The Hall–Kier alpha value is -3.52. The third-order valence-electron chi connectivity index (χ3n) is 9.08. The quantitative estimate of drug-likeness (QED) is 0.400. The van der Waals surface area contributed by atoms with E-state index in [1.807, 2.05) is 19.2 Å². The maximum absolute atomic E-state index is 14.1. The molecule has 3 heterocycles. The van der Waals surface area contributed by atoms with E-state index in [1.165, 1.54) is 13.0 Å². The van der Waals surface area contributed by atoms with Gasteiger partial charge in [-0.25, -0.2) is 0 Å². The monoisotopic (exact) mass is 597 g/mol. The largest absolute Gasteiger partial charge is 0.463 e. The summed E-state index contributed by atoms with van der Waals surface area (Å²) in [6.45, 7) is 6.71. The average Bonchev–Trinajstić information content (AvgIpc) is 3.45. The number of ether oxygens (including phenoxy) is 1. The highest BCUT2D eigenvalue weighted by atomic mass is 19.4. The fourth-order valence-corrected chi connectivity index (χ4v) is 6.80. The molecule has 1 aliphatic carbocycles. The Labute approximate surface area is 252 Å². The molecule has 11 heteroatoms. The standard InChI is InChI=1S/C32H42F3N7O/c1-5-14-40-16-17-42(19-25(40)11-13-36)30-26-12-15-41(28-8-6-7-22(2)29(28)32(33,34)35)20-27(26)37-31(38-30)43-21-23-9-10-24(18-23)39(3)4/h5-8,14,23-25H,9-12,15-21H2,1-4H3/t23-,24+,25+/m1/s1. The van der Waals surface area contributed by atoms with Crippen LogP contribution < -0.4 is 14.5 Å². The molecule has 5 rings (SSSR count). The lowest BCUT2D eigenvalue weighted by molar-refractivity contribution is -0.137. The summed E-state index contributed by atoms with van der Waals surface area (Å²) >= 11 is 0. The summed E-state index contributed by atoms with van der Waals surface area (Å²) in [6.07, 6.45) is 3.71. The number of piperazine rings is 1. The summed E-state index contributed by atoms with van der Waals surface area (Å²) < 4.78 is 48.6. The molecule has 1 aromatic heterocycles. The molecule has 0 spiro atoms. The van der Waals surface area contributed by atoms with E-state index in [0.29, 0.717) is 56.7 Å². The van der Waals surface area contributed by atoms with Gasteiger partial charge in [0.2, 0.25) is 0 Å². The van der Waals surface area contributed by atoms with Crippen LogP contribution in [-0.2, 0) is 19.1 Å². The van der Waals surface area contributed by atoms with Crippen LogP contribution in [0.4, 0.5) is 24.7 Å². The highest BCUT2D eigenvalue weighted by Crippen LogP contribution is 2.41. The number of nitrogens with zero attached hydrogens (tertiary/aromatic N) is 7. The maximum Gasteiger partial charge on any atom is 0.418 e. The van der Waals surface area contributed by atoms with E-state index < -0.39 is 11.7 Å². The zero-order valence-corrected chi connectivity index (χ0v) is 25.6. The zero-order valence-electron chi connectivity index (χ0n) is 25.6. The molecular formula is C32H42F3N7O. The summed E-state index contributed by atoms with van der Waals surface area (Å²) in [6, 6.07) is 7.87. The second-order valence-corrected chi connectivity index (χ2v) is 12.2. The third kappa shape index (κ3) is 6.85. The van der Waals surface area contributed by atoms with Crippen LogP contribution in [0.25, 0.3) is 0 Å². The number of allylic oxidation sites excluding steroid dienone is 1. The van der Waals surface area contributed by atoms with Crippen LogP contribution in [0.3, 0.4) is 0 Å². The first-order valence-electron chi connectivity index (χ1n) is 15.2. The van der Waals surface area contributed by atoms with Crippen LogP contribution in [0.5, 0.6) is 6.01 Å². The molecule has 2 aromatic rings. The molecule has 0 N–H and O–H groups in total. The van der Waals surface area contributed by atoms with Crippen molar-refractivity contribution in [3.8, 4) is 12.1 Å². The van der Waals surface area contributed by atoms with Crippen LogP contribution in [0.15, 0.2) is 30.5 Å². The van der Waals surface area contributed by atoms with E-state index in [4.69, 9.17) is 14.7 Å². The number of anilines is 2. The molecule has 0 unspecified atom stereocenters. The van der Waals surface area contributed by atoms with Gasteiger partial charge in [-0.1, -0.05) is 18.2 Å². The summed E-state index contributed by atoms with van der Waals surface area (Å²) in [5.74, 6) is 1.18. The highest BCUT2D eigenvalue weighted by Gasteiger charge is 2.38. The summed E-state index contributed by atoms with van der Waals surface area (Å²) in [7, 11) is 4.21. The van der Waals surface area contributed by atoms with Crippen LogP contribution in [0.2, 0.25) is 0 Å². The Kier molecular flexibility index (Phi) is 9.35. The first kappa shape index (κ1) is 30.9. The number of hydrogen-bond acceptors (Lipinski definition) is 8. The van der Waals surface area contributed by atoms with Crippen LogP contribution in [0, 0.1) is 24.2 Å². The van der Waals surface area contributed by atoms with E-state index in [0.717, 1.165) is 37.2 Å². The molecular weight excluding hydrogens is 555 g/mol. The minimum absolute atomic E-state index is 0.00751. The van der Waals surface area contributed by atoms with Gasteiger partial charge in [0.1, 0.15) is 5.82 Å². The molecule has 3 aliphatic rings. The van der Waals surface area contributed by atoms with Gasteiger partial charge in [0.15, 0.2) is 0 Å². The normalized spacial score (nSPS) is 22.8. The average molecular weight is 598 g/mol. The predicted molar refractivity (Wildman–Crippen MR) is 161 cm³/mol. The SMILES string of the molecule is CC=CN1CCN(c2nc(OC[C@@H]3CC[C@H](N(C)C)C3)nc3c2CCN(c2cccc(C)c2C(F)(F)F)C3)C[C@@H]1CC#N. The van der Waals surface area contributed by atoms with Gasteiger partial charge in [0.25, 0.3) is 0 Å². The third-order valence-corrected chi connectivity index (χ3v) is 9.08. The number of hydrogen-bond donors (Lipinski definition) is 0. The molecule has 0 amide bonds. The number of aromatic nitrogens is 2. The highest BCUT2D eigenvalue weighted by molar-refractivity contribution is 5.61. The number of rotatable bonds is 8. The lowest BCUT2D eigenvalue weighted by Crippen LogP contribution is -2.51. The zero-order chi connectivity index (χ0) is 30.7. The van der Waals surface area contributed by atoms with Crippen molar-refractivity contribution in [1.29, 1.82) is 5.26 Å². The summed E-state index contributed by atoms with van der Waals surface area (Å²) in [5.41, 5.74) is 1.44. The van der Waals surface area contributed by atoms with Gasteiger partial charge in [-0.2, -0.15) is 28.4 Å². The van der Waals surface area contributed by atoms with Crippen molar-refractivity contribution in [2.24, 2.45) is 5.92 Å². The van der Waals surface area contributed by atoms with Gasteiger partial charge in [0.05, 0.1) is 42.9 Å². The minimum atomic E-state index is -4.46. The summed E-state index contributed by atoms with van der Waals surface area (Å²) in [4.78, 5) is 18.2. The van der Waals surface area contributed by atoms with Crippen LogP contribution in [-0.4, -0.2) is 78.7 Å². The number of fused-ring (bicyclic) bond motifs is 1. The van der Waals surface area contributed by atoms with Crippen molar-refractivity contribution in [3.63, 3.8) is 0 Å². The van der Waals surface area contributed by atoms with Gasteiger partial charge in [0, 0.05) is 43.5 Å². The van der Waals surface area contributed by atoms with Gasteiger partial charge >= 0.3 is 12.2 Å². The Morgan fingerprint density at radius 1 is 1.14 bits per heavy atom. The van der Waals surface area contributed by atoms with Crippen molar-refractivity contribution in [2.45, 2.75) is 70.8 Å². The second kappa shape index (κ2) is 13.0. The molecule has 3 atom stereocenters. The van der Waals surface area contributed by atoms with Gasteiger partial charge in [-0.05, 0) is 77.4 Å². The lowest BCUT2D eigenvalue weighted by atomic mass is 10.00. The molecule has 0 bridgehead atoms. The van der Waals surface area contributed by atoms with Crippen molar-refractivity contribution in [3.05, 3.63) is 52.9 Å².